The molecule has 0 spiro atoms. The molecule has 0 saturated carbocycles. The summed E-state index contributed by atoms with van der Waals surface area (Å²) in [5.74, 6) is -1.15. The van der Waals surface area contributed by atoms with E-state index in [0.29, 0.717) is 0 Å². The lowest BCUT2D eigenvalue weighted by Gasteiger charge is -2.23. The highest BCUT2D eigenvalue weighted by Gasteiger charge is 2.24. The highest BCUT2D eigenvalue weighted by molar-refractivity contribution is 7.89. The number of sulfonamides is 1. The van der Waals surface area contributed by atoms with Crippen molar-refractivity contribution in [2.75, 3.05) is 13.1 Å². The minimum absolute atomic E-state index is 0.00840. The largest absolute Gasteiger partial charge is 0.477 e. The average Bonchev–Trinajstić information content (AvgIpc) is 2.73. The fourth-order valence-corrected chi connectivity index (χ4v) is 3.50. The van der Waals surface area contributed by atoms with Crippen LogP contribution < -0.4 is 10.0 Å². The quantitative estimate of drug-likeness (QED) is 0.709. The van der Waals surface area contributed by atoms with Crippen molar-refractivity contribution in [2.24, 2.45) is 7.05 Å². The van der Waals surface area contributed by atoms with Gasteiger partial charge in [-0.15, -0.1) is 0 Å². The van der Waals surface area contributed by atoms with E-state index in [2.05, 4.69) is 10.0 Å². The van der Waals surface area contributed by atoms with Crippen LogP contribution in [0.4, 0.5) is 0 Å². The number of carboxylic acids is 1. The zero-order valence-corrected chi connectivity index (χ0v) is 11.4. The van der Waals surface area contributed by atoms with Gasteiger partial charge in [0, 0.05) is 19.3 Å². The molecule has 2 heterocycles. The van der Waals surface area contributed by atoms with Crippen molar-refractivity contribution < 1.29 is 18.3 Å². The van der Waals surface area contributed by atoms with Crippen molar-refractivity contribution in [2.45, 2.75) is 23.8 Å². The van der Waals surface area contributed by atoms with Crippen molar-refractivity contribution in [1.82, 2.24) is 14.6 Å². The van der Waals surface area contributed by atoms with Gasteiger partial charge in [-0.25, -0.2) is 17.9 Å². The SMILES string of the molecule is Cn1cc(S(=O)(=O)NC2CCNCC2)cc1C(=O)O. The summed E-state index contributed by atoms with van der Waals surface area (Å²) in [6, 6.07) is 1.07. The maximum Gasteiger partial charge on any atom is 0.352 e. The van der Waals surface area contributed by atoms with Crippen LogP contribution in [0.2, 0.25) is 0 Å². The van der Waals surface area contributed by atoms with Crippen molar-refractivity contribution in [3.8, 4) is 0 Å². The third kappa shape index (κ3) is 3.14. The Hall–Kier alpha value is -1.38. The third-order valence-corrected chi connectivity index (χ3v) is 4.66. The molecule has 1 aliphatic rings. The topological polar surface area (TPSA) is 100 Å². The molecule has 0 atom stereocenters. The van der Waals surface area contributed by atoms with Crippen molar-refractivity contribution >= 4 is 16.0 Å². The summed E-state index contributed by atoms with van der Waals surface area (Å²) in [4.78, 5) is 10.9. The molecule has 0 aliphatic carbocycles. The van der Waals surface area contributed by atoms with Crippen LogP contribution in [-0.4, -0.2) is 43.2 Å². The second-order valence-corrected chi connectivity index (χ2v) is 6.34. The summed E-state index contributed by atoms with van der Waals surface area (Å²) in [7, 11) is -2.15. The van der Waals surface area contributed by atoms with Crippen LogP contribution in [0.15, 0.2) is 17.2 Å². The molecule has 19 heavy (non-hydrogen) atoms. The first-order valence-electron chi connectivity index (χ1n) is 6.03. The number of nitrogens with one attached hydrogen (secondary N) is 2. The Bertz CT molecular complexity index is 573. The van der Waals surface area contributed by atoms with Gasteiger partial charge in [0.15, 0.2) is 0 Å². The molecule has 1 aromatic rings. The van der Waals surface area contributed by atoms with E-state index < -0.39 is 16.0 Å². The molecule has 0 radical (unpaired) electrons. The van der Waals surface area contributed by atoms with E-state index in [4.69, 9.17) is 5.11 Å². The van der Waals surface area contributed by atoms with Gasteiger partial charge in [-0.1, -0.05) is 0 Å². The zero-order chi connectivity index (χ0) is 14.0. The second kappa shape index (κ2) is 5.32. The van der Waals surface area contributed by atoms with Gasteiger partial charge < -0.3 is 15.0 Å². The van der Waals surface area contributed by atoms with Gasteiger partial charge in [0.05, 0.1) is 0 Å². The van der Waals surface area contributed by atoms with Crippen LogP contribution in [0.3, 0.4) is 0 Å². The predicted molar refractivity (Wildman–Crippen MR) is 68.6 cm³/mol. The van der Waals surface area contributed by atoms with Crippen LogP contribution in [0.25, 0.3) is 0 Å². The van der Waals surface area contributed by atoms with Crippen LogP contribution in [0.5, 0.6) is 0 Å². The summed E-state index contributed by atoms with van der Waals surface area (Å²) in [6.07, 6.45) is 2.78. The number of hydrogen-bond acceptors (Lipinski definition) is 4. The van der Waals surface area contributed by atoms with Crippen LogP contribution in [0, 0.1) is 0 Å². The Balaban J connectivity index is 2.19. The fraction of sp³-hybridized carbons (Fsp3) is 0.545. The van der Waals surface area contributed by atoms with E-state index in [1.807, 2.05) is 0 Å². The third-order valence-electron chi connectivity index (χ3n) is 3.17. The molecular weight excluding hydrogens is 270 g/mol. The summed E-state index contributed by atoms with van der Waals surface area (Å²) >= 11 is 0. The first-order valence-corrected chi connectivity index (χ1v) is 7.51. The summed E-state index contributed by atoms with van der Waals surface area (Å²) < 4.78 is 28.2. The average molecular weight is 287 g/mol. The maximum absolute atomic E-state index is 12.2. The second-order valence-electron chi connectivity index (χ2n) is 4.62. The lowest BCUT2D eigenvalue weighted by Crippen LogP contribution is -2.42. The van der Waals surface area contributed by atoms with Gasteiger partial charge in [-0.05, 0) is 32.0 Å². The molecule has 7 nitrogen and oxygen atoms in total. The minimum atomic E-state index is -3.66. The number of hydrogen-bond donors (Lipinski definition) is 3. The molecule has 0 unspecified atom stereocenters. The summed E-state index contributed by atoms with van der Waals surface area (Å²) in [5.41, 5.74) is -0.0503. The Morgan fingerprint density at radius 3 is 2.63 bits per heavy atom. The zero-order valence-electron chi connectivity index (χ0n) is 10.6. The van der Waals surface area contributed by atoms with E-state index in [0.717, 1.165) is 25.9 Å². The Kier molecular flexibility index (Phi) is 3.93. The van der Waals surface area contributed by atoms with Crippen LogP contribution >= 0.6 is 0 Å². The number of carboxylic acid groups (broad SMARTS) is 1. The number of nitrogens with zero attached hydrogens (tertiary/aromatic N) is 1. The van der Waals surface area contributed by atoms with E-state index in [1.165, 1.54) is 23.9 Å². The minimum Gasteiger partial charge on any atom is -0.477 e. The summed E-state index contributed by atoms with van der Waals surface area (Å²) in [5, 5.41) is 12.1. The van der Waals surface area contributed by atoms with Crippen molar-refractivity contribution in [1.29, 1.82) is 0 Å². The first-order chi connectivity index (χ1) is 8.90. The summed E-state index contributed by atoms with van der Waals surface area (Å²) in [6.45, 7) is 1.56. The van der Waals surface area contributed by atoms with Gasteiger partial charge in [0.1, 0.15) is 10.6 Å². The molecule has 0 aromatic carbocycles. The van der Waals surface area contributed by atoms with E-state index in [9.17, 15) is 13.2 Å². The van der Waals surface area contributed by atoms with E-state index >= 15 is 0 Å². The normalized spacial score (nSPS) is 17.5. The molecule has 0 amide bonds. The highest BCUT2D eigenvalue weighted by Crippen LogP contribution is 2.15. The number of piperidine rings is 1. The van der Waals surface area contributed by atoms with Gasteiger partial charge in [0.25, 0.3) is 0 Å². The maximum atomic E-state index is 12.2. The highest BCUT2D eigenvalue weighted by atomic mass is 32.2. The molecule has 8 heteroatoms. The number of aryl methyl sites for hydroxylation is 1. The van der Waals surface area contributed by atoms with E-state index in [1.54, 1.807) is 0 Å². The molecule has 1 saturated heterocycles. The van der Waals surface area contributed by atoms with Crippen molar-refractivity contribution in [3.63, 3.8) is 0 Å². The standard InChI is InChI=1S/C11H17N3O4S/c1-14-7-9(6-10(14)11(15)16)19(17,18)13-8-2-4-12-5-3-8/h6-8,12-13H,2-5H2,1H3,(H,15,16). The van der Waals surface area contributed by atoms with Gasteiger partial charge >= 0.3 is 5.97 Å². The lowest BCUT2D eigenvalue weighted by atomic mass is 10.1. The molecule has 1 aliphatic heterocycles. The predicted octanol–water partition coefficient (Wildman–Crippen LogP) is -0.246. The number of aromatic carboxylic acids is 1. The van der Waals surface area contributed by atoms with Crippen molar-refractivity contribution in [3.05, 3.63) is 18.0 Å². The molecule has 3 N–H and O–H groups in total. The number of rotatable bonds is 4. The molecule has 1 fully saturated rings. The smallest absolute Gasteiger partial charge is 0.352 e. The Morgan fingerprint density at radius 1 is 1.47 bits per heavy atom. The molecule has 0 bridgehead atoms. The number of aromatic nitrogens is 1. The van der Waals surface area contributed by atoms with Crippen LogP contribution in [0.1, 0.15) is 23.3 Å². The number of carbonyl (C=O) groups is 1. The molecule has 106 valence electrons. The van der Waals surface area contributed by atoms with Gasteiger partial charge in [-0.2, -0.15) is 0 Å². The molecule has 2 rings (SSSR count). The van der Waals surface area contributed by atoms with Gasteiger partial charge in [0.2, 0.25) is 10.0 Å². The first kappa shape index (κ1) is 14.0. The Labute approximate surface area is 111 Å². The van der Waals surface area contributed by atoms with E-state index in [-0.39, 0.29) is 16.6 Å². The lowest BCUT2D eigenvalue weighted by molar-refractivity contribution is 0.0686. The molecule has 1 aromatic heterocycles. The Morgan fingerprint density at radius 2 is 2.11 bits per heavy atom. The molecular formula is C11H17N3O4S. The van der Waals surface area contributed by atoms with Gasteiger partial charge in [-0.3, -0.25) is 0 Å². The fourth-order valence-electron chi connectivity index (χ4n) is 2.12. The monoisotopic (exact) mass is 287 g/mol. The van der Waals surface area contributed by atoms with Crippen LogP contribution in [-0.2, 0) is 17.1 Å².